The molecular formula is C10H13BrClNOS. The molecule has 0 aliphatic heterocycles. The lowest BCUT2D eigenvalue weighted by Gasteiger charge is -2.07. The lowest BCUT2D eigenvalue weighted by Crippen LogP contribution is -2.28. The maximum Gasteiger partial charge on any atom is 0.261 e. The monoisotopic (exact) mass is 309 g/mol. The normalized spacial score (nSPS) is 12.5. The van der Waals surface area contributed by atoms with Crippen LogP contribution < -0.4 is 5.32 Å². The van der Waals surface area contributed by atoms with Gasteiger partial charge in [-0.05, 0) is 40.4 Å². The average molecular weight is 311 g/mol. The maximum atomic E-state index is 11.7. The molecule has 1 heterocycles. The van der Waals surface area contributed by atoms with Crippen molar-refractivity contribution in [2.24, 2.45) is 5.92 Å². The fourth-order valence-electron chi connectivity index (χ4n) is 0.980. The third kappa shape index (κ3) is 3.78. The Balaban J connectivity index is 2.54. The van der Waals surface area contributed by atoms with Gasteiger partial charge in [0.05, 0.1) is 8.66 Å². The van der Waals surface area contributed by atoms with Gasteiger partial charge in [-0.15, -0.1) is 22.9 Å². The van der Waals surface area contributed by atoms with Gasteiger partial charge in [0.1, 0.15) is 0 Å². The third-order valence-electron chi connectivity index (χ3n) is 1.96. The van der Waals surface area contributed by atoms with Gasteiger partial charge in [0.25, 0.3) is 5.91 Å². The molecule has 0 saturated heterocycles. The molecule has 2 nitrogen and oxygen atoms in total. The molecule has 0 fully saturated rings. The van der Waals surface area contributed by atoms with Crippen molar-refractivity contribution in [2.75, 3.05) is 12.4 Å². The fourth-order valence-corrected chi connectivity index (χ4v) is 2.54. The first-order chi connectivity index (χ1) is 7.04. The highest BCUT2D eigenvalue weighted by Gasteiger charge is 2.11. The summed E-state index contributed by atoms with van der Waals surface area (Å²) in [7, 11) is 0. The highest BCUT2D eigenvalue weighted by Crippen LogP contribution is 2.27. The number of halogens is 2. The molecule has 0 aliphatic rings. The van der Waals surface area contributed by atoms with Crippen LogP contribution in [-0.4, -0.2) is 18.3 Å². The molecule has 0 aliphatic carbocycles. The van der Waals surface area contributed by atoms with Crippen LogP contribution in [0.2, 0.25) is 0 Å². The van der Waals surface area contributed by atoms with Crippen molar-refractivity contribution in [3.63, 3.8) is 0 Å². The molecular weight excluding hydrogens is 298 g/mol. The minimum atomic E-state index is -0.0224. The standard InChI is InChI=1S/C10H13BrClNOS/c1-6(4-12)5-13-10(14)8-3-7(2)9(11)15-8/h3,6H,4-5H2,1-2H3,(H,13,14). The molecule has 1 atom stereocenters. The first-order valence-corrected chi connectivity index (χ1v) is 6.79. The summed E-state index contributed by atoms with van der Waals surface area (Å²) in [4.78, 5) is 12.4. The van der Waals surface area contributed by atoms with Gasteiger partial charge in [-0.2, -0.15) is 0 Å². The largest absolute Gasteiger partial charge is 0.351 e. The number of thiophene rings is 1. The molecule has 0 aromatic carbocycles. The number of aryl methyl sites for hydroxylation is 1. The minimum Gasteiger partial charge on any atom is -0.351 e. The smallest absolute Gasteiger partial charge is 0.261 e. The zero-order chi connectivity index (χ0) is 11.4. The van der Waals surface area contributed by atoms with Crippen molar-refractivity contribution in [3.05, 3.63) is 20.3 Å². The molecule has 84 valence electrons. The van der Waals surface area contributed by atoms with Gasteiger partial charge in [0, 0.05) is 12.4 Å². The molecule has 0 bridgehead atoms. The lowest BCUT2D eigenvalue weighted by molar-refractivity contribution is 0.0953. The van der Waals surface area contributed by atoms with Crippen LogP contribution in [0.3, 0.4) is 0 Å². The quantitative estimate of drug-likeness (QED) is 0.848. The van der Waals surface area contributed by atoms with Crippen LogP contribution in [-0.2, 0) is 0 Å². The molecule has 1 rings (SSSR count). The van der Waals surface area contributed by atoms with E-state index in [9.17, 15) is 4.79 Å². The Bertz CT molecular complexity index is 334. The van der Waals surface area contributed by atoms with E-state index < -0.39 is 0 Å². The van der Waals surface area contributed by atoms with Crippen molar-refractivity contribution in [3.8, 4) is 0 Å². The maximum absolute atomic E-state index is 11.7. The van der Waals surface area contributed by atoms with E-state index in [1.807, 2.05) is 19.9 Å². The van der Waals surface area contributed by atoms with Crippen LogP contribution in [0.25, 0.3) is 0 Å². The Hall–Kier alpha value is -0.0600. The minimum absolute atomic E-state index is 0.0224. The summed E-state index contributed by atoms with van der Waals surface area (Å²) in [5, 5.41) is 2.86. The second kappa shape index (κ2) is 5.87. The number of carbonyl (C=O) groups is 1. The second-order valence-electron chi connectivity index (χ2n) is 3.54. The van der Waals surface area contributed by atoms with Crippen molar-refractivity contribution in [1.29, 1.82) is 0 Å². The predicted octanol–water partition coefficient (Wildman–Crippen LogP) is 3.42. The van der Waals surface area contributed by atoms with E-state index in [2.05, 4.69) is 21.2 Å². The van der Waals surface area contributed by atoms with Crippen LogP contribution in [0.1, 0.15) is 22.2 Å². The number of nitrogens with one attached hydrogen (secondary N) is 1. The first kappa shape index (κ1) is 13.0. The van der Waals surface area contributed by atoms with Crippen LogP contribution >= 0.6 is 38.9 Å². The van der Waals surface area contributed by atoms with E-state index in [-0.39, 0.29) is 5.91 Å². The van der Waals surface area contributed by atoms with Crippen molar-refractivity contribution < 1.29 is 4.79 Å². The number of alkyl halides is 1. The van der Waals surface area contributed by atoms with E-state index in [1.54, 1.807) is 0 Å². The molecule has 1 unspecified atom stereocenters. The highest BCUT2D eigenvalue weighted by atomic mass is 79.9. The van der Waals surface area contributed by atoms with E-state index in [1.165, 1.54) is 11.3 Å². The van der Waals surface area contributed by atoms with Crippen molar-refractivity contribution >= 4 is 44.8 Å². The number of hydrogen-bond acceptors (Lipinski definition) is 2. The Labute approximate surface area is 107 Å². The molecule has 1 N–H and O–H groups in total. The van der Waals surface area contributed by atoms with E-state index >= 15 is 0 Å². The Morgan fingerprint density at radius 2 is 2.40 bits per heavy atom. The van der Waals surface area contributed by atoms with Crippen molar-refractivity contribution in [1.82, 2.24) is 5.32 Å². The van der Waals surface area contributed by atoms with Gasteiger partial charge < -0.3 is 5.32 Å². The van der Waals surface area contributed by atoms with Gasteiger partial charge in [0.15, 0.2) is 0 Å². The Morgan fingerprint density at radius 3 is 2.87 bits per heavy atom. The molecule has 1 aromatic rings. The molecule has 1 aromatic heterocycles. The van der Waals surface area contributed by atoms with Gasteiger partial charge in [-0.3, -0.25) is 4.79 Å². The predicted molar refractivity (Wildman–Crippen MR) is 69.0 cm³/mol. The fraction of sp³-hybridized carbons (Fsp3) is 0.500. The molecule has 15 heavy (non-hydrogen) atoms. The summed E-state index contributed by atoms with van der Waals surface area (Å²) < 4.78 is 1.01. The summed E-state index contributed by atoms with van der Waals surface area (Å²) in [5.41, 5.74) is 1.09. The number of hydrogen-bond donors (Lipinski definition) is 1. The second-order valence-corrected chi connectivity index (χ2v) is 6.22. The third-order valence-corrected chi connectivity index (χ3v) is 4.62. The van der Waals surface area contributed by atoms with Crippen molar-refractivity contribution in [2.45, 2.75) is 13.8 Å². The van der Waals surface area contributed by atoms with Crippen LogP contribution in [0, 0.1) is 12.8 Å². The summed E-state index contributed by atoms with van der Waals surface area (Å²) in [6.45, 7) is 4.60. The molecule has 0 saturated carbocycles. The number of rotatable bonds is 4. The lowest BCUT2D eigenvalue weighted by atomic mass is 10.2. The van der Waals surface area contributed by atoms with Crippen LogP contribution in [0.4, 0.5) is 0 Å². The van der Waals surface area contributed by atoms with Gasteiger partial charge >= 0.3 is 0 Å². The highest BCUT2D eigenvalue weighted by molar-refractivity contribution is 9.11. The zero-order valence-corrected chi connectivity index (χ0v) is 11.8. The van der Waals surface area contributed by atoms with Gasteiger partial charge in [-0.25, -0.2) is 0 Å². The number of amides is 1. The molecule has 0 radical (unpaired) electrons. The molecule has 5 heteroatoms. The zero-order valence-electron chi connectivity index (χ0n) is 8.64. The van der Waals surface area contributed by atoms with Gasteiger partial charge in [-0.1, -0.05) is 6.92 Å². The van der Waals surface area contributed by atoms with E-state index in [0.717, 1.165) is 14.2 Å². The van der Waals surface area contributed by atoms with Gasteiger partial charge in [0.2, 0.25) is 0 Å². The average Bonchev–Trinajstić information content (AvgIpc) is 2.55. The van der Waals surface area contributed by atoms with Crippen LogP contribution in [0.15, 0.2) is 9.85 Å². The summed E-state index contributed by atoms with van der Waals surface area (Å²) in [6, 6.07) is 1.88. The summed E-state index contributed by atoms with van der Waals surface area (Å²) >= 11 is 10.5. The topological polar surface area (TPSA) is 29.1 Å². The summed E-state index contributed by atoms with van der Waals surface area (Å²) in [5.74, 6) is 0.846. The SMILES string of the molecule is Cc1cc(C(=O)NCC(C)CCl)sc1Br. The van der Waals surface area contributed by atoms with E-state index in [0.29, 0.717) is 18.3 Å². The molecule has 1 amide bonds. The Kier molecular flexibility index (Phi) is 5.09. The Morgan fingerprint density at radius 1 is 1.73 bits per heavy atom. The number of carbonyl (C=O) groups excluding carboxylic acids is 1. The van der Waals surface area contributed by atoms with Crippen LogP contribution in [0.5, 0.6) is 0 Å². The molecule has 0 spiro atoms. The van der Waals surface area contributed by atoms with E-state index in [4.69, 9.17) is 11.6 Å². The first-order valence-electron chi connectivity index (χ1n) is 4.64. The summed E-state index contributed by atoms with van der Waals surface area (Å²) in [6.07, 6.45) is 0.